The van der Waals surface area contributed by atoms with Crippen LogP contribution in [0.1, 0.15) is 28.1 Å². The van der Waals surface area contributed by atoms with E-state index in [0.717, 1.165) is 24.6 Å². The summed E-state index contributed by atoms with van der Waals surface area (Å²) in [6.45, 7) is 8.04. The molecule has 0 amide bonds. The molecule has 2 N–H and O–H groups in total. The molecule has 0 aliphatic heterocycles. The van der Waals surface area contributed by atoms with Crippen molar-refractivity contribution in [1.82, 2.24) is 20.1 Å². The first kappa shape index (κ1) is 16.6. The lowest BCUT2D eigenvalue weighted by molar-refractivity contribution is 0.689. The van der Waals surface area contributed by atoms with Gasteiger partial charge in [0, 0.05) is 56.4 Å². The molecule has 24 heavy (non-hydrogen) atoms. The van der Waals surface area contributed by atoms with Gasteiger partial charge in [0.05, 0.1) is 5.69 Å². The number of aromatic amines is 1. The number of nitrogens with one attached hydrogen (secondary N) is 2. The summed E-state index contributed by atoms with van der Waals surface area (Å²) in [6.07, 6.45) is 0. The number of aryl methyl sites for hydroxylation is 4. The minimum Gasteiger partial charge on any atom is -0.363 e. The van der Waals surface area contributed by atoms with E-state index in [1.807, 2.05) is 11.7 Å². The predicted molar refractivity (Wildman–Crippen MR) is 101 cm³/mol. The van der Waals surface area contributed by atoms with Crippen LogP contribution in [0.3, 0.4) is 0 Å². The monoisotopic (exact) mass is 325 g/mol. The average Bonchev–Trinajstić information content (AvgIpc) is 2.96. The summed E-state index contributed by atoms with van der Waals surface area (Å²) in [6, 6.07) is 6.64. The Morgan fingerprint density at radius 3 is 2.62 bits per heavy atom. The number of aromatic nitrogens is 3. The molecule has 2 heterocycles. The molecule has 128 valence electrons. The van der Waals surface area contributed by atoms with Gasteiger partial charge >= 0.3 is 0 Å². The predicted octanol–water partition coefficient (Wildman–Crippen LogP) is 3.18. The quantitative estimate of drug-likeness (QED) is 0.757. The van der Waals surface area contributed by atoms with E-state index in [0.29, 0.717) is 0 Å². The third-order valence-electron chi connectivity index (χ3n) is 4.74. The second-order valence-electron chi connectivity index (χ2n) is 6.76. The first-order chi connectivity index (χ1) is 11.4. The number of benzene rings is 1. The van der Waals surface area contributed by atoms with E-state index in [1.54, 1.807) is 0 Å². The van der Waals surface area contributed by atoms with E-state index in [9.17, 15) is 0 Å². The van der Waals surface area contributed by atoms with Crippen LogP contribution in [0.2, 0.25) is 0 Å². The number of hydrogen-bond donors (Lipinski definition) is 2. The molecular formula is C19H27N5. The first-order valence-electron chi connectivity index (χ1n) is 8.36. The number of rotatable bonds is 5. The minimum absolute atomic E-state index is 0.816. The molecule has 3 aromatic rings. The molecule has 0 fully saturated rings. The van der Waals surface area contributed by atoms with E-state index in [-0.39, 0.29) is 0 Å². The number of nitrogens with zero attached hydrogens (tertiary/aromatic N) is 3. The molecule has 5 nitrogen and oxygen atoms in total. The van der Waals surface area contributed by atoms with Crippen molar-refractivity contribution in [2.24, 2.45) is 7.05 Å². The van der Waals surface area contributed by atoms with Crippen LogP contribution in [-0.4, -0.2) is 28.9 Å². The summed E-state index contributed by atoms with van der Waals surface area (Å²) in [4.78, 5) is 5.55. The summed E-state index contributed by atoms with van der Waals surface area (Å²) in [5.74, 6) is 1.16. The van der Waals surface area contributed by atoms with E-state index < -0.39 is 0 Å². The van der Waals surface area contributed by atoms with Gasteiger partial charge in [0.25, 0.3) is 0 Å². The Hall–Kier alpha value is -2.27. The fourth-order valence-electron chi connectivity index (χ4n) is 3.41. The van der Waals surface area contributed by atoms with Crippen LogP contribution in [0.4, 0.5) is 5.82 Å². The van der Waals surface area contributed by atoms with Crippen molar-refractivity contribution in [3.8, 4) is 0 Å². The maximum Gasteiger partial charge on any atom is 0.130 e. The van der Waals surface area contributed by atoms with Gasteiger partial charge < -0.3 is 15.2 Å². The molecule has 0 bridgehead atoms. The van der Waals surface area contributed by atoms with Crippen molar-refractivity contribution in [1.29, 1.82) is 0 Å². The molecule has 0 saturated carbocycles. The Labute approximate surface area is 143 Å². The third-order valence-corrected chi connectivity index (χ3v) is 4.74. The van der Waals surface area contributed by atoms with Crippen LogP contribution in [0.15, 0.2) is 18.2 Å². The van der Waals surface area contributed by atoms with Crippen LogP contribution in [0.5, 0.6) is 0 Å². The van der Waals surface area contributed by atoms with Gasteiger partial charge in [-0.2, -0.15) is 5.10 Å². The zero-order valence-electron chi connectivity index (χ0n) is 15.5. The first-order valence-corrected chi connectivity index (χ1v) is 8.36. The second-order valence-corrected chi connectivity index (χ2v) is 6.76. The normalized spacial score (nSPS) is 11.4. The Morgan fingerprint density at radius 1 is 1.17 bits per heavy atom. The van der Waals surface area contributed by atoms with Crippen LogP contribution in [0.25, 0.3) is 10.9 Å². The third kappa shape index (κ3) is 2.91. The van der Waals surface area contributed by atoms with Gasteiger partial charge in [-0.25, -0.2) is 0 Å². The lowest BCUT2D eigenvalue weighted by Gasteiger charge is -2.15. The number of anilines is 1. The Bertz CT molecular complexity index is 870. The molecule has 0 spiro atoms. The van der Waals surface area contributed by atoms with E-state index in [1.165, 1.54) is 33.3 Å². The fourth-order valence-corrected chi connectivity index (χ4v) is 3.41. The highest BCUT2D eigenvalue weighted by molar-refractivity contribution is 5.84. The molecule has 3 rings (SSSR count). The maximum absolute atomic E-state index is 4.54. The molecule has 0 saturated heterocycles. The zero-order chi connectivity index (χ0) is 17.4. The lowest BCUT2D eigenvalue weighted by atomic mass is 10.1. The van der Waals surface area contributed by atoms with E-state index in [4.69, 9.17) is 0 Å². The number of fused-ring (bicyclic) bond motifs is 1. The second kappa shape index (κ2) is 6.32. The SMILES string of the molecule is Cc1nn(C)c(N(C)C)c1CNCc1ccc2[nH]c(C)c(C)c2c1. The fraction of sp³-hybridized carbons (Fsp3) is 0.421. The summed E-state index contributed by atoms with van der Waals surface area (Å²) in [5, 5.41) is 9.43. The topological polar surface area (TPSA) is 48.9 Å². The van der Waals surface area contributed by atoms with Gasteiger partial charge in [0.2, 0.25) is 0 Å². The standard InChI is InChI=1S/C19H27N5/c1-12-13(2)21-18-8-7-15(9-16(12)18)10-20-11-17-14(3)22-24(6)19(17)23(4)5/h7-9,20-21H,10-11H2,1-6H3. The zero-order valence-corrected chi connectivity index (χ0v) is 15.5. The van der Waals surface area contributed by atoms with Gasteiger partial charge in [-0.3, -0.25) is 4.68 Å². The van der Waals surface area contributed by atoms with Gasteiger partial charge in [0.1, 0.15) is 5.82 Å². The molecule has 0 unspecified atom stereocenters. The van der Waals surface area contributed by atoms with Gasteiger partial charge in [-0.15, -0.1) is 0 Å². The Kier molecular flexibility index (Phi) is 4.37. The molecule has 0 aliphatic carbocycles. The smallest absolute Gasteiger partial charge is 0.130 e. The molecule has 0 radical (unpaired) electrons. The molecule has 2 aromatic heterocycles. The van der Waals surface area contributed by atoms with Crippen molar-refractivity contribution in [3.05, 3.63) is 46.3 Å². The summed E-state index contributed by atoms with van der Waals surface area (Å²) in [7, 11) is 6.12. The number of hydrogen-bond acceptors (Lipinski definition) is 3. The lowest BCUT2D eigenvalue weighted by Crippen LogP contribution is -2.18. The van der Waals surface area contributed by atoms with E-state index in [2.05, 4.69) is 73.4 Å². The highest BCUT2D eigenvalue weighted by Gasteiger charge is 2.14. The molecule has 1 aromatic carbocycles. The van der Waals surface area contributed by atoms with Gasteiger partial charge in [-0.05, 0) is 44.0 Å². The highest BCUT2D eigenvalue weighted by Crippen LogP contribution is 2.23. The largest absolute Gasteiger partial charge is 0.363 e. The molecule has 0 aliphatic rings. The summed E-state index contributed by atoms with van der Waals surface area (Å²) in [5.41, 5.74) is 7.45. The van der Waals surface area contributed by atoms with Crippen molar-refractivity contribution in [2.75, 3.05) is 19.0 Å². The van der Waals surface area contributed by atoms with Crippen molar-refractivity contribution in [3.63, 3.8) is 0 Å². The van der Waals surface area contributed by atoms with Crippen molar-refractivity contribution >= 4 is 16.7 Å². The van der Waals surface area contributed by atoms with Crippen LogP contribution < -0.4 is 10.2 Å². The average molecular weight is 325 g/mol. The van der Waals surface area contributed by atoms with Crippen molar-refractivity contribution < 1.29 is 0 Å². The molecular weight excluding hydrogens is 298 g/mol. The van der Waals surface area contributed by atoms with E-state index >= 15 is 0 Å². The number of H-pyrrole nitrogens is 1. The molecule has 0 atom stereocenters. The highest BCUT2D eigenvalue weighted by atomic mass is 15.4. The Morgan fingerprint density at radius 2 is 1.92 bits per heavy atom. The van der Waals surface area contributed by atoms with Crippen LogP contribution in [-0.2, 0) is 20.1 Å². The van der Waals surface area contributed by atoms with Crippen LogP contribution >= 0.6 is 0 Å². The van der Waals surface area contributed by atoms with Gasteiger partial charge in [0.15, 0.2) is 0 Å². The molecule has 5 heteroatoms. The summed E-state index contributed by atoms with van der Waals surface area (Å²) >= 11 is 0. The Balaban J connectivity index is 1.74. The minimum atomic E-state index is 0.816. The maximum atomic E-state index is 4.54. The van der Waals surface area contributed by atoms with Gasteiger partial charge in [-0.1, -0.05) is 6.07 Å². The van der Waals surface area contributed by atoms with Crippen molar-refractivity contribution in [2.45, 2.75) is 33.9 Å². The van der Waals surface area contributed by atoms with Crippen LogP contribution in [0, 0.1) is 20.8 Å². The summed E-state index contributed by atoms with van der Waals surface area (Å²) < 4.78 is 1.95.